The van der Waals surface area contributed by atoms with E-state index < -0.39 is 0 Å². The molecule has 0 aliphatic heterocycles. The van der Waals surface area contributed by atoms with Gasteiger partial charge in [0.25, 0.3) is 0 Å². The third-order valence-electron chi connectivity index (χ3n) is 0. The quantitative estimate of drug-likeness (QED) is 0.409. The Labute approximate surface area is 75.6 Å². The Morgan fingerprint density at radius 2 is 0.538 bits per heavy atom. The molecular weight excluding hydrogens is 196 g/mol. The standard InChI is InChI=1S/C3H8O.9H2O/c1-3(2)4;;;;;;;;;/h3-4H,1-2H3;9*1H2. The van der Waals surface area contributed by atoms with E-state index in [9.17, 15) is 0 Å². The van der Waals surface area contributed by atoms with Crippen molar-refractivity contribution < 1.29 is 54.4 Å². The van der Waals surface area contributed by atoms with E-state index in [1.54, 1.807) is 13.8 Å². The van der Waals surface area contributed by atoms with Gasteiger partial charge in [-0.3, -0.25) is 0 Å². The number of hydrogen-bond donors (Lipinski definition) is 1. The van der Waals surface area contributed by atoms with Gasteiger partial charge >= 0.3 is 0 Å². The van der Waals surface area contributed by atoms with Gasteiger partial charge in [-0.05, 0) is 13.8 Å². The summed E-state index contributed by atoms with van der Waals surface area (Å²) in [5, 5.41) is 8.06. The van der Waals surface area contributed by atoms with Crippen molar-refractivity contribution in [3.63, 3.8) is 0 Å². The predicted molar refractivity (Wildman–Crippen MR) is 49.9 cm³/mol. The lowest BCUT2D eigenvalue weighted by atomic mass is 10.5. The molecule has 0 aromatic heterocycles. The molecule has 0 aliphatic rings. The van der Waals surface area contributed by atoms with Crippen LogP contribution < -0.4 is 0 Å². The minimum atomic E-state index is -0.167. The normalized spacial score (nSPS) is 2.77. The Balaban J connectivity index is -0.00000000125. The van der Waals surface area contributed by atoms with Crippen molar-refractivity contribution in [2.24, 2.45) is 0 Å². The van der Waals surface area contributed by atoms with E-state index >= 15 is 0 Å². The molecule has 0 spiro atoms. The smallest absolute Gasteiger partial charge is 0.0483 e. The van der Waals surface area contributed by atoms with Gasteiger partial charge in [0.2, 0.25) is 0 Å². The lowest BCUT2D eigenvalue weighted by molar-refractivity contribution is 0.216. The first-order valence-electron chi connectivity index (χ1n) is 1.41. The molecule has 0 saturated heterocycles. The van der Waals surface area contributed by atoms with Crippen molar-refractivity contribution in [3.8, 4) is 0 Å². The van der Waals surface area contributed by atoms with Gasteiger partial charge in [0.1, 0.15) is 0 Å². The van der Waals surface area contributed by atoms with Gasteiger partial charge in [-0.2, -0.15) is 0 Å². The zero-order valence-electron chi connectivity index (χ0n) is 7.52. The second-order valence-electron chi connectivity index (χ2n) is 1.09. The third kappa shape index (κ3) is 6680. The number of hydrogen-bond acceptors (Lipinski definition) is 1. The SMILES string of the molecule is CC(C)O.O.O.O.O.O.O.O.O.O. The molecule has 0 rings (SSSR count). The van der Waals surface area contributed by atoms with E-state index in [1.807, 2.05) is 0 Å². The van der Waals surface area contributed by atoms with Crippen molar-refractivity contribution in [3.05, 3.63) is 0 Å². The van der Waals surface area contributed by atoms with Crippen LogP contribution >= 0.6 is 0 Å². The highest BCUT2D eigenvalue weighted by Crippen LogP contribution is 1.65. The zero-order valence-corrected chi connectivity index (χ0v) is 7.52. The van der Waals surface area contributed by atoms with E-state index in [2.05, 4.69) is 0 Å². The number of aliphatic hydroxyl groups is 1. The summed E-state index contributed by atoms with van der Waals surface area (Å²) >= 11 is 0. The summed E-state index contributed by atoms with van der Waals surface area (Å²) in [7, 11) is 0. The molecule has 0 radical (unpaired) electrons. The van der Waals surface area contributed by atoms with Crippen LogP contribution in [-0.4, -0.2) is 60.5 Å². The molecule has 13 heavy (non-hydrogen) atoms. The summed E-state index contributed by atoms with van der Waals surface area (Å²) in [6, 6.07) is 0. The molecule has 0 aromatic carbocycles. The van der Waals surface area contributed by atoms with Gasteiger partial charge < -0.3 is 54.4 Å². The van der Waals surface area contributed by atoms with Gasteiger partial charge in [-0.1, -0.05) is 0 Å². The van der Waals surface area contributed by atoms with Crippen LogP contribution in [-0.2, 0) is 0 Å². The van der Waals surface area contributed by atoms with Crippen LogP contribution in [0.5, 0.6) is 0 Å². The molecule has 0 saturated carbocycles. The molecule has 0 heterocycles. The Bertz CT molecular complexity index is 14.9. The molecule has 0 unspecified atom stereocenters. The predicted octanol–water partition coefficient (Wildman–Crippen LogP) is -7.04. The molecule has 0 atom stereocenters. The fourth-order valence-electron chi connectivity index (χ4n) is 0. The highest BCUT2D eigenvalue weighted by atomic mass is 16.3. The maximum absolute atomic E-state index is 8.06. The van der Waals surface area contributed by atoms with Crippen LogP contribution in [0.4, 0.5) is 0 Å². The fourth-order valence-corrected chi connectivity index (χ4v) is 0. The van der Waals surface area contributed by atoms with Crippen molar-refractivity contribution in [2.45, 2.75) is 20.0 Å². The molecule has 98 valence electrons. The van der Waals surface area contributed by atoms with Crippen molar-refractivity contribution in [1.82, 2.24) is 0 Å². The van der Waals surface area contributed by atoms with Crippen molar-refractivity contribution in [1.29, 1.82) is 0 Å². The number of rotatable bonds is 0. The van der Waals surface area contributed by atoms with Crippen LogP contribution in [0.15, 0.2) is 0 Å². The lowest BCUT2D eigenvalue weighted by Crippen LogP contribution is -1.85. The van der Waals surface area contributed by atoms with Gasteiger partial charge in [-0.25, -0.2) is 0 Å². The van der Waals surface area contributed by atoms with Crippen molar-refractivity contribution in [2.75, 3.05) is 0 Å². The van der Waals surface area contributed by atoms with Crippen LogP contribution in [0.2, 0.25) is 0 Å². The minimum Gasteiger partial charge on any atom is -0.412 e. The number of aliphatic hydroxyl groups excluding tert-OH is 1. The van der Waals surface area contributed by atoms with Crippen LogP contribution in [0.25, 0.3) is 0 Å². The molecular formula is C3H26O10. The molecule has 0 amide bonds. The van der Waals surface area contributed by atoms with E-state index in [0.29, 0.717) is 0 Å². The minimum absolute atomic E-state index is 0. The monoisotopic (exact) mass is 222 g/mol. The second-order valence-corrected chi connectivity index (χ2v) is 1.09. The van der Waals surface area contributed by atoms with Gasteiger partial charge in [0.15, 0.2) is 0 Å². The van der Waals surface area contributed by atoms with E-state index in [1.165, 1.54) is 0 Å². The molecule has 19 N–H and O–H groups in total. The molecule has 10 nitrogen and oxygen atoms in total. The Hall–Kier alpha value is -0.400. The maximum atomic E-state index is 8.06. The molecule has 0 bridgehead atoms. The van der Waals surface area contributed by atoms with Gasteiger partial charge in [0.05, 0.1) is 0 Å². The molecule has 0 aromatic rings. The first kappa shape index (κ1) is 251. The average Bonchev–Trinajstić information content (AvgIpc) is 0.811. The fraction of sp³-hybridized carbons (Fsp3) is 1.00. The summed E-state index contributed by atoms with van der Waals surface area (Å²) in [6.45, 7) is 3.44. The zero-order chi connectivity index (χ0) is 3.58. The average molecular weight is 222 g/mol. The summed E-state index contributed by atoms with van der Waals surface area (Å²) in [4.78, 5) is 0. The van der Waals surface area contributed by atoms with E-state index in [-0.39, 0.29) is 55.4 Å². The van der Waals surface area contributed by atoms with Crippen LogP contribution in [0, 0.1) is 0 Å². The molecule has 0 aliphatic carbocycles. The first-order chi connectivity index (χ1) is 1.73. The van der Waals surface area contributed by atoms with Crippen LogP contribution in [0.1, 0.15) is 13.8 Å². The largest absolute Gasteiger partial charge is 0.412 e. The summed E-state index contributed by atoms with van der Waals surface area (Å²) in [5.74, 6) is 0. The van der Waals surface area contributed by atoms with E-state index in [0.717, 1.165) is 0 Å². The highest BCUT2D eigenvalue weighted by molar-refractivity contribution is 4.20. The Morgan fingerprint density at radius 3 is 0.538 bits per heavy atom. The lowest BCUT2D eigenvalue weighted by Gasteiger charge is -1.80. The summed E-state index contributed by atoms with van der Waals surface area (Å²) in [5.41, 5.74) is 0. The molecule has 10 heteroatoms. The summed E-state index contributed by atoms with van der Waals surface area (Å²) in [6.07, 6.45) is -0.167. The Morgan fingerprint density at radius 1 is 0.538 bits per heavy atom. The van der Waals surface area contributed by atoms with Gasteiger partial charge in [0, 0.05) is 6.10 Å². The molecule has 0 fully saturated rings. The first-order valence-corrected chi connectivity index (χ1v) is 1.41. The van der Waals surface area contributed by atoms with E-state index in [4.69, 9.17) is 5.11 Å². The Kier molecular flexibility index (Phi) is 3720. The van der Waals surface area contributed by atoms with Crippen molar-refractivity contribution >= 4 is 0 Å². The topological polar surface area (TPSA) is 304 Å². The summed E-state index contributed by atoms with van der Waals surface area (Å²) < 4.78 is 0. The third-order valence-corrected chi connectivity index (χ3v) is 0. The maximum Gasteiger partial charge on any atom is 0.0483 e. The second kappa shape index (κ2) is 193. The van der Waals surface area contributed by atoms with Crippen LogP contribution in [0.3, 0.4) is 0 Å². The van der Waals surface area contributed by atoms with Gasteiger partial charge in [-0.15, -0.1) is 0 Å². The highest BCUT2D eigenvalue weighted by Gasteiger charge is 1.69.